The van der Waals surface area contributed by atoms with Gasteiger partial charge in [0.2, 0.25) is 0 Å². The summed E-state index contributed by atoms with van der Waals surface area (Å²) >= 11 is 0. The van der Waals surface area contributed by atoms with E-state index >= 15 is 0 Å². The summed E-state index contributed by atoms with van der Waals surface area (Å²) in [6.07, 6.45) is -29.7. The van der Waals surface area contributed by atoms with Gasteiger partial charge in [-0.3, -0.25) is 0 Å². The zero-order chi connectivity index (χ0) is 24.4. The fraction of sp³-hybridized carbons (Fsp3) is 1.00. The molecule has 1 N–H and O–H groups in total. The van der Waals surface area contributed by atoms with Gasteiger partial charge in [-0.1, -0.05) is 6.92 Å². The zero-order valence-corrected chi connectivity index (χ0v) is 16.1. The number of rotatable bonds is 5. The van der Waals surface area contributed by atoms with Gasteiger partial charge in [0.25, 0.3) is 11.2 Å². The Kier molecular flexibility index (Phi) is 6.42. The number of fused-ring (bicyclic) bond motifs is 2. The smallest absolute Gasteiger partial charge is 0.373 e. The molecule has 0 aromatic carbocycles. The highest BCUT2D eigenvalue weighted by atomic mass is 19.4. The minimum Gasteiger partial charge on any atom is -0.373 e. The van der Waals surface area contributed by atoms with E-state index in [4.69, 9.17) is 0 Å². The van der Waals surface area contributed by atoms with Gasteiger partial charge in [-0.25, -0.2) is 0 Å². The Morgan fingerprint density at radius 1 is 0.742 bits per heavy atom. The van der Waals surface area contributed by atoms with E-state index < -0.39 is 84.9 Å². The highest BCUT2D eigenvalue weighted by Gasteiger charge is 2.82. The van der Waals surface area contributed by atoms with Crippen LogP contribution < -0.4 is 0 Å². The van der Waals surface area contributed by atoms with Crippen LogP contribution >= 0.6 is 0 Å². The molecular formula is C17H20F12O2. The Morgan fingerprint density at radius 2 is 1.16 bits per heavy atom. The minimum atomic E-state index is -6.36. The van der Waals surface area contributed by atoms with Crippen LogP contribution in [0, 0.1) is 23.7 Å². The lowest BCUT2D eigenvalue weighted by molar-refractivity contribution is -0.419. The second kappa shape index (κ2) is 7.56. The molecule has 2 aliphatic carbocycles. The Hall–Kier alpha value is -0.920. The van der Waals surface area contributed by atoms with Crippen molar-refractivity contribution in [3.63, 3.8) is 0 Å². The lowest BCUT2D eigenvalue weighted by Gasteiger charge is -2.49. The van der Waals surface area contributed by atoms with E-state index in [1.54, 1.807) is 0 Å². The first-order valence-corrected chi connectivity index (χ1v) is 9.32. The molecular weight excluding hydrogens is 464 g/mol. The van der Waals surface area contributed by atoms with Crippen molar-refractivity contribution in [1.29, 1.82) is 0 Å². The van der Waals surface area contributed by atoms with E-state index in [1.165, 1.54) is 6.92 Å². The van der Waals surface area contributed by atoms with Gasteiger partial charge in [-0.15, -0.1) is 0 Å². The fourth-order valence-electron chi connectivity index (χ4n) is 5.08. The van der Waals surface area contributed by atoms with Gasteiger partial charge in [0.05, 0.1) is 6.10 Å². The van der Waals surface area contributed by atoms with Gasteiger partial charge >= 0.3 is 24.7 Å². The first kappa shape index (κ1) is 26.3. The van der Waals surface area contributed by atoms with E-state index in [9.17, 15) is 57.8 Å². The maximum atomic E-state index is 13.9. The Bertz CT molecular complexity index is 619. The minimum absolute atomic E-state index is 0.326. The SMILES string of the molecule is CCC(C)OC(C1CC2CC1C(C(O)(C(F)(F)F)C(F)(F)F)C2)(C(F)(F)F)C(F)(F)F. The fourth-order valence-corrected chi connectivity index (χ4v) is 5.08. The summed E-state index contributed by atoms with van der Waals surface area (Å²) in [5, 5.41) is 9.67. The summed E-state index contributed by atoms with van der Waals surface area (Å²) in [5.74, 6) is -9.37. The normalized spacial score (nSPS) is 29.5. The molecule has 0 amide bonds. The molecule has 0 radical (unpaired) electrons. The zero-order valence-electron chi connectivity index (χ0n) is 16.1. The van der Waals surface area contributed by atoms with Crippen LogP contribution in [-0.4, -0.2) is 47.1 Å². The van der Waals surface area contributed by atoms with E-state index in [2.05, 4.69) is 4.74 Å². The van der Waals surface area contributed by atoms with Crippen molar-refractivity contribution in [1.82, 2.24) is 0 Å². The van der Waals surface area contributed by atoms with E-state index in [1.807, 2.05) is 0 Å². The first-order valence-electron chi connectivity index (χ1n) is 9.32. The Balaban J connectivity index is 2.66. The molecule has 0 spiro atoms. The number of alkyl halides is 12. The number of hydrogen-bond acceptors (Lipinski definition) is 2. The molecule has 0 heterocycles. The van der Waals surface area contributed by atoms with Crippen molar-refractivity contribution < 1.29 is 62.5 Å². The van der Waals surface area contributed by atoms with Crippen LogP contribution in [0.5, 0.6) is 0 Å². The van der Waals surface area contributed by atoms with Gasteiger partial charge in [-0.05, 0) is 44.4 Å². The van der Waals surface area contributed by atoms with Gasteiger partial charge < -0.3 is 9.84 Å². The lowest BCUT2D eigenvalue weighted by Crippen LogP contribution is -2.68. The van der Waals surface area contributed by atoms with Crippen LogP contribution in [-0.2, 0) is 4.74 Å². The average molecular weight is 484 g/mol. The van der Waals surface area contributed by atoms with Crippen LogP contribution in [0.25, 0.3) is 0 Å². The highest BCUT2D eigenvalue weighted by Crippen LogP contribution is 2.67. The second-order valence-electron chi connectivity index (χ2n) is 8.28. The molecule has 31 heavy (non-hydrogen) atoms. The van der Waals surface area contributed by atoms with Crippen molar-refractivity contribution in [3.8, 4) is 0 Å². The van der Waals surface area contributed by atoms with E-state index in [-0.39, 0.29) is 6.42 Å². The molecule has 5 unspecified atom stereocenters. The summed E-state index contributed by atoms with van der Waals surface area (Å²) in [7, 11) is 0. The number of hydrogen-bond donors (Lipinski definition) is 1. The standard InChI is InChI=1S/C17H20F12O2/c1-3-7(2)31-13(16(24,25)26,17(27,28)29)11-6-8-4-9(11)10(5-8)12(30,14(18,19)20)15(21,22)23/h7-11,30H,3-6H2,1-2H3. The molecule has 2 aliphatic rings. The third-order valence-electron chi connectivity index (χ3n) is 6.54. The van der Waals surface area contributed by atoms with Gasteiger partial charge in [0.1, 0.15) is 0 Å². The number of halogens is 12. The number of aliphatic hydroxyl groups is 1. The third kappa shape index (κ3) is 3.89. The maximum Gasteiger partial charge on any atom is 0.426 e. The maximum absolute atomic E-state index is 13.9. The molecule has 5 atom stereocenters. The van der Waals surface area contributed by atoms with Gasteiger partial charge in [0.15, 0.2) is 0 Å². The van der Waals surface area contributed by atoms with Gasteiger partial charge in [0, 0.05) is 11.8 Å². The predicted molar refractivity (Wildman–Crippen MR) is 80.5 cm³/mol. The Morgan fingerprint density at radius 3 is 1.48 bits per heavy atom. The van der Waals surface area contributed by atoms with Crippen molar-refractivity contribution in [2.75, 3.05) is 0 Å². The monoisotopic (exact) mass is 484 g/mol. The van der Waals surface area contributed by atoms with Crippen LogP contribution in [0.4, 0.5) is 52.7 Å². The van der Waals surface area contributed by atoms with Crippen LogP contribution in [0.15, 0.2) is 0 Å². The predicted octanol–water partition coefficient (Wildman–Crippen LogP) is 6.18. The molecule has 0 aromatic heterocycles. The molecule has 2 fully saturated rings. The van der Waals surface area contributed by atoms with Crippen molar-refractivity contribution >= 4 is 0 Å². The third-order valence-corrected chi connectivity index (χ3v) is 6.54. The van der Waals surface area contributed by atoms with E-state index in [0.29, 0.717) is 0 Å². The Labute approximate surface area is 168 Å². The van der Waals surface area contributed by atoms with Crippen molar-refractivity contribution in [2.24, 2.45) is 23.7 Å². The quantitative estimate of drug-likeness (QED) is 0.472. The van der Waals surface area contributed by atoms with Crippen LogP contribution in [0.2, 0.25) is 0 Å². The van der Waals surface area contributed by atoms with Crippen LogP contribution in [0.3, 0.4) is 0 Å². The summed E-state index contributed by atoms with van der Waals surface area (Å²) in [5.41, 5.74) is -10.4. The first-order chi connectivity index (χ1) is 13.6. The summed E-state index contributed by atoms with van der Waals surface area (Å²) in [4.78, 5) is 0. The van der Waals surface area contributed by atoms with Crippen molar-refractivity contribution in [3.05, 3.63) is 0 Å². The summed E-state index contributed by atoms with van der Waals surface area (Å²) < 4.78 is 167. The molecule has 0 aromatic rings. The van der Waals surface area contributed by atoms with E-state index in [0.717, 1.165) is 6.92 Å². The molecule has 0 aliphatic heterocycles. The average Bonchev–Trinajstić information content (AvgIpc) is 3.14. The largest absolute Gasteiger partial charge is 0.426 e. The topological polar surface area (TPSA) is 29.5 Å². The molecule has 2 rings (SSSR count). The summed E-state index contributed by atoms with van der Waals surface area (Å²) in [6.45, 7) is 2.09. The molecule has 0 saturated heterocycles. The summed E-state index contributed by atoms with van der Waals surface area (Å²) in [6, 6.07) is 0. The second-order valence-corrected chi connectivity index (χ2v) is 8.28. The molecule has 2 bridgehead atoms. The highest BCUT2D eigenvalue weighted by molar-refractivity contribution is 5.15. The van der Waals surface area contributed by atoms with Gasteiger partial charge in [-0.2, -0.15) is 52.7 Å². The molecule has 2 saturated carbocycles. The number of ether oxygens (including phenoxy) is 1. The lowest BCUT2D eigenvalue weighted by atomic mass is 9.65. The molecule has 14 heteroatoms. The molecule has 2 nitrogen and oxygen atoms in total. The molecule has 184 valence electrons. The van der Waals surface area contributed by atoms with Crippen molar-refractivity contribution in [2.45, 2.75) is 81.5 Å². The van der Waals surface area contributed by atoms with Crippen LogP contribution in [0.1, 0.15) is 39.5 Å².